The van der Waals surface area contributed by atoms with E-state index in [4.69, 9.17) is 5.11 Å². The lowest BCUT2D eigenvalue weighted by atomic mass is 10.1. The smallest absolute Gasteiger partial charge is 0.326 e. The highest BCUT2D eigenvalue weighted by Crippen LogP contribution is 2.15. The predicted octanol–water partition coefficient (Wildman–Crippen LogP) is 1.98. The van der Waals surface area contributed by atoms with Crippen molar-refractivity contribution in [3.63, 3.8) is 0 Å². The Balaban J connectivity index is 2.56. The fourth-order valence-corrected chi connectivity index (χ4v) is 1.91. The van der Waals surface area contributed by atoms with E-state index in [0.29, 0.717) is 5.69 Å². The zero-order chi connectivity index (χ0) is 15.8. The van der Waals surface area contributed by atoms with Crippen LogP contribution in [0.15, 0.2) is 28.7 Å². The van der Waals surface area contributed by atoms with Crippen LogP contribution in [0.5, 0.6) is 0 Å². The first-order chi connectivity index (χ1) is 9.92. The maximum absolute atomic E-state index is 11.7. The third-order valence-corrected chi connectivity index (χ3v) is 3.04. The first-order valence-electron chi connectivity index (χ1n) is 6.05. The van der Waals surface area contributed by atoms with E-state index < -0.39 is 24.0 Å². The molecule has 3 N–H and O–H groups in total. The van der Waals surface area contributed by atoms with Crippen LogP contribution in [0.4, 0.5) is 10.5 Å². The monoisotopic (exact) mass is 358 g/mol. The van der Waals surface area contributed by atoms with Crippen molar-refractivity contribution in [2.24, 2.45) is 0 Å². The van der Waals surface area contributed by atoms with Gasteiger partial charge in [-0.05, 0) is 24.6 Å². The molecular formula is C13H15BrN2O5. The molecule has 0 unspecified atom stereocenters. The lowest BCUT2D eigenvalue weighted by molar-refractivity contribution is -0.142. The summed E-state index contributed by atoms with van der Waals surface area (Å²) in [5.74, 6) is -1.75. The summed E-state index contributed by atoms with van der Waals surface area (Å²) in [5, 5.41) is 13.8. The molecule has 1 atom stereocenters. The Morgan fingerprint density at radius 2 is 2.10 bits per heavy atom. The third-order valence-electron chi connectivity index (χ3n) is 2.55. The molecule has 0 aliphatic heterocycles. The van der Waals surface area contributed by atoms with E-state index in [0.717, 1.165) is 4.47 Å². The van der Waals surface area contributed by atoms with E-state index in [9.17, 15) is 14.4 Å². The number of aliphatic carboxylic acids is 1. The highest BCUT2D eigenvalue weighted by atomic mass is 79.9. The Kier molecular flexibility index (Phi) is 6.67. The molecule has 1 aromatic carbocycles. The number of hydrogen-bond acceptors (Lipinski definition) is 4. The molecule has 0 spiro atoms. The summed E-state index contributed by atoms with van der Waals surface area (Å²) in [5.41, 5.74) is 0.513. The van der Waals surface area contributed by atoms with E-state index in [1.807, 2.05) is 0 Å². The van der Waals surface area contributed by atoms with Gasteiger partial charge in [0, 0.05) is 16.6 Å². The van der Waals surface area contributed by atoms with Crippen LogP contribution < -0.4 is 10.6 Å². The van der Waals surface area contributed by atoms with Gasteiger partial charge in [0.2, 0.25) is 0 Å². The first-order valence-corrected chi connectivity index (χ1v) is 6.84. The average molecular weight is 359 g/mol. The minimum absolute atomic E-state index is 0.0477. The van der Waals surface area contributed by atoms with E-state index >= 15 is 0 Å². The second-order valence-electron chi connectivity index (χ2n) is 4.11. The number of urea groups is 1. The van der Waals surface area contributed by atoms with Crippen LogP contribution in [0.2, 0.25) is 0 Å². The van der Waals surface area contributed by atoms with Gasteiger partial charge in [0.05, 0.1) is 7.11 Å². The number of carbonyl (C=O) groups excluding carboxylic acids is 2. The van der Waals surface area contributed by atoms with Gasteiger partial charge in [0.25, 0.3) is 0 Å². The molecule has 21 heavy (non-hydrogen) atoms. The quantitative estimate of drug-likeness (QED) is 0.674. The van der Waals surface area contributed by atoms with E-state index in [1.54, 1.807) is 24.3 Å². The Bertz CT molecular complexity index is 535. The van der Waals surface area contributed by atoms with E-state index in [-0.39, 0.29) is 12.8 Å². The minimum Gasteiger partial charge on any atom is -0.480 e. The van der Waals surface area contributed by atoms with Crippen molar-refractivity contribution in [1.29, 1.82) is 0 Å². The van der Waals surface area contributed by atoms with Gasteiger partial charge in [-0.1, -0.05) is 22.0 Å². The molecule has 0 saturated carbocycles. The highest BCUT2D eigenvalue weighted by molar-refractivity contribution is 9.10. The number of ether oxygens (including phenoxy) is 1. The van der Waals surface area contributed by atoms with Crippen LogP contribution in [0.25, 0.3) is 0 Å². The number of rotatable bonds is 6. The molecule has 0 aliphatic rings. The molecule has 0 radical (unpaired) electrons. The number of methoxy groups -OCH3 is 1. The maximum Gasteiger partial charge on any atom is 0.326 e. The van der Waals surface area contributed by atoms with Crippen molar-refractivity contribution in [2.75, 3.05) is 12.4 Å². The van der Waals surface area contributed by atoms with Crippen LogP contribution in [-0.4, -0.2) is 36.2 Å². The van der Waals surface area contributed by atoms with Crippen LogP contribution in [-0.2, 0) is 14.3 Å². The normalized spacial score (nSPS) is 11.3. The summed E-state index contributed by atoms with van der Waals surface area (Å²) in [4.78, 5) is 33.8. The van der Waals surface area contributed by atoms with Gasteiger partial charge in [-0.15, -0.1) is 0 Å². The number of halogens is 1. The Morgan fingerprint density at radius 1 is 1.38 bits per heavy atom. The van der Waals surface area contributed by atoms with E-state index in [2.05, 4.69) is 31.3 Å². The van der Waals surface area contributed by atoms with Gasteiger partial charge in [0.15, 0.2) is 0 Å². The number of hydrogen-bond donors (Lipinski definition) is 3. The minimum atomic E-state index is -1.22. The molecular weight excluding hydrogens is 344 g/mol. The SMILES string of the molecule is COC(=O)CC[C@@H](NC(=O)Nc1cccc(Br)c1)C(=O)O. The number of anilines is 1. The fraction of sp³-hybridized carbons (Fsp3) is 0.308. The average Bonchev–Trinajstić information content (AvgIpc) is 2.42. The van der Waals surface area contributed by atoms with Gasteiger partial charge < -0.3 is 20.5 Å². The van der Waals surface area contributed by atoms with Crippen LogP contribution in [0, 0.1) is 0 Å². The lowest BCUT2D eigenvalue weighted by Gasteiger charge is -2.14. The van der Waals surface area contributed by atoms with Gasteiger partial charge in [-0.3, -0.25) is 4.79 Å². The molecule has 2 amide bonds. The van der Waals surface area contributed by atoms with Crippen molar-refractivity contribution in [3.8, 4) is 0 Å². The number of carboxylic acid groups (broad SMARTS) is 1. The van der Waals surface area contributed by atoms with Gasteiger partial charge in [0.1, 0.15) is 6.04 Å². The molecule has 1 aromatic rings. The van der Waals surface area contributed by atoms with Gasteiger partial charge >= 0.3 is 18.0 Å². The van der Waals surface area contributed by atoms with Crippen molar-refractivity contribution < 1.29 is 24.2 Å². The number of carboxylic acids is 1. The number of esters is 1. The summed E-state index contributed by atoms with van der Waals surface area (Å²) < 4.78 is 5.21. The zero-order valence-electron chi connectivity index (χ0n) is 11.3. The van der Waals surface area contributed by atoms with Crippen molar-refractivity contribution in [3.05, 3.63) is 28.7 Å². The highest BCUT2D eigenvalue weighted by Gasteiger charge is 2.21. The van der Waals surface area contributed by atoms with Crippen molar-refractivity contribution >= 4 is 39.6 Å². The van der Waals surface area contributed by atoms with Crippen LogP contribution in [0.1, 0.15) is 12.8 Å². The van der Waals surface area contributed by atoms with Gasteiger partial charge in [-0.25, -0.2) is 9.59 Å². The topological polar surface area (TPSA) is 105 Å². The molecule has 0 saturated heterocycles. The maximum atomic E-state index is 11.7. The summed E-state index contributed by atoms with van der Waals surface area (Å²) >= 11 is 3.26. The predicted molar refractivity (Wildman–Crippen MR) is 79.0 cm³/mol. The molecule has 114 valence electrons. The lowest BCUT2D eigenvalue weighted by Crippen LogP contribution is -2.43. The molecule has 0 heterocycles. The Morgan fingerprint density at radius 3 is 2.67 bits per heavy atom. The Hall–Kier alpha value is -2.09. The third kappa shape index (κ3) is 6.26. The van der Waals surface area contributed by atoms with Crippen LogP contribution in [0.3, 0.4) is 0 Å². The van der Waals surface area contributed by atoms with Crippen molar-refractivity contribution in [2.45, 2.75) is 18.9 Å². The molecule has 0 bridgehead atoms. The molecule has 0 fully saturated rings. The van der Waals surface area contributed by atoms with E-state index in [1.165, 1.54) is 7.11 Å². The van der Waals surface area contributed by atoms with Crippen LogP contribution >= 0.6 is 15.9 Å². The summed E-state index contributed by atoms with van der Waals surface area (Å²) in [7, 11) is 1.21. The second kappa shape index (κ2) is 8.25. The first kappa shape index (κ1) is 17.0. The molecule has 8 heteroatoms. The molecule has 0 aromatic heterocycles. The standard InChI is InChI=1S/C13H15BrN2O5/c1-21-11(17)6-5-10(12(18)19)16-13(20)15-9-4-2-3-8(14)7-9/h2-4,7,10H,5-6H2,1H3,(H,18,19)(H2,15,16,20)/t10-/m1/s1. The van der Waals surface area contributed by atoms with Crippen molar-refractivity contribution in [1.82, 2.24) is 5.32 Å². The number of benzene rings is 1. The summed E-state index contributed by atoms with van der Waals surface area (Å²) in [6, 6.07) is 5.02. The second-order valence-corrected chi connectivity index (χ2v) is 5.03. The fourth-order valence-electron chi connectivity index (χ4n) is 1.51. The summed E-state index contributed by atoms with van der Waals surface area (Å²) in [6.45, 7) is 0. The number of carbonyl (C=O) groups is 3. The molecule has 0 aliphatic carbocycles. The summed E-state index contributed by atoms with van der Waals surface area (Å²) in [6.07, 6.45) is -0.140. The number of amides is 2. The Labute approximate surface area is 129 Å². The molecule has 1 rings (SSSR count). The zero-order valence-corrected chi connectivity index (χ0v) is 12.8. The number of nitrogens with one attached hydrogen (secondary N) is 2. The van der Waals surface area contributed by atoms with Gasteiger partial charge in [-0.2, -0.15) is 0 Å². The largest absolute Gasteiger partial charge is 0.480 e. The molecule has 7 nitrogen and oxygen atoms in total.